The van der Waals surface area contributed by atoms with E-state index in [1.807, 2.05) is 6.07 Å². The van der Waals surface area contributed by atoms with Gasteiger partial charge in [-0.05, 0) is 49.3 Å². The Balaban J connectivity index is 1.61. The lowest BCUT2D eigenvalue weighted by Gasteiger charge is -2.36. The standard InChI is InChI=1S/C24H24F3N4O2P/c25-23(26)9-13(10-23)17-7-14(12-1-4-24(27,34)5-2-12)15(11-30-17)18-8-19(32)20-16(31-18)3-6-29-21(20)22(28)33/h3,6-8,11-13H,1-2,4-5,9-10,34H2,(H2,28,33)(H,31,32). The van der Waals surface area contributed by atoms with Gasteiger partial charge in [0.1, 0.15) is 11.1 Å². The van der Waals surface area contributed by atoms with Crippen LogP contribution in [-0.4, -0.2) is 32.2 Å². The molecule has 0 spiro atoms. The van der Waals surface area contributed by atoms with E-state index in [-0.39, 0.29) is 35.8 Å². The van der Waals surface area contributed by atoms with Gasteiger partial charge in [0, 0.05) is 48.5 Å². The first-order valence-electron chi connectivity index (χ1n) is 11.2. The second kappa shape index (κ2) is 8.15. The number of carbonyl (C=O) groups is 1. The Morgan fingerprint density at radius 2 is 1.82 bits per heavy atom. The third kappa shape index (κ3) is 4.22. The Bertz CT molecular complexity index is 1340. The Kier molecular flexibility index (Phi) is 5.51. The number of carbonyl (C=O) groups excluding carboxylic acids is 1. The van der Waals surface area contributed by atoms with E-state index in [9.17, 15) is 22.8 Å². The predicted molar refractivity (Wildman–Crippen MR) is 126 cm³/mol. The van der Waals surface area contributed by atoms with Crippen LogP contribution in [0.15, 0.2) is 35.4 Å². The maximum absolute atomic E-state index is 14.4. The smallest absolute Gasteiger partial charge is 0.268 e. The molecule has 2 aliphatic carbocycles. The molecule has 34 heavy (non-hydrogen) atoms. The molecule has 10 heteroatoms. The van der Waals surface area contributed by atoms with Gasteiger partial charge in [-0.3, -0.25) is 19.6 Å². The van der Waals surface area contributed by atoms with E-state index < -0.39 is 22.7 Å². The van der Waals surface area contributed by atoms with Crippen molar-refractivity contribution >= 4 is 26.0 Å². The number of nitrogens with one attached hydrogen (secondary N) is 1. The maximum atomic E-state index is 14.4. The zero-order valence-corrected chi connectivity index (χ0v) is 19.4. The van der Waals surface area contributed by atoms with E-state index in [0.29, 0.717) is 48.2 Å². The molecular weight excluding hydrogens is 464 g/mol. The van der Waals surface area contributed by atoms with Crippen molar-refractivity contribution in [2.45, 2.75) is 61.7 Å². The summed E-state index contributed by atoms with van der Waals surface area (Å²) in [5.41, 5.74) is 7.83. The van der Waals surface area contributed by atoms with Gasteiger partial charge in [0.2, 0.25) is 5.92 Å². The summed E-state index contributed by atoms with van der Waals surface area (Å²) < 4.78 is 41.4. The molecule has 6 nitrogen and oxygen atoms in total. The zero-order valence-electron chi connectivity index (χ0n) is 18.3. The van der Waals surface area contributed by atoms with Crippen molar-refractivity contribution in [3.8, 4) is 11.3 Å². The van der Waals surface area contributed by atoms with Gasteiger partial charge < -0.3 is 10.7 Å². The summed E-state index contributed by atoms with van der Waals surface area (Å²) in [5, 5.41) is -1.21. The van der Waals surface area contributed by atoms with E-state index in [1.54, 1.807) is 12.3 Å². The second-order valence-electron chi connectivity index (χ2n) is 9.46. The van der Waals surface area contributed by atoms with Crippen LogP contribution < -0.4 is 11.2 Å². The van der Waals surface area contributed by atoms with Crippen molar-refractivity contribution in [2.24, 2.45) is 5.73 Å². The first-order valence-corrected chi connectivity index (χ1v) is 11.8. The van der Waals surface area contributed by atoms with Gasteiger partial charge in [0.05, 0.1) is 16.6 Å². The van der Waals surface area contributed by atoms with Crippen molar-refractivity contribution < 1.29 is 18.0 Å². The van der Waals surface area contributed by atoms with E-state index >= 15 is 0 Å². The highest BCUT2D eigenvalue weighted by molar-refractivity contribution is 7.18. The monoisotopic (exact) mass is 488 g/mol. The fourth-order valence-corrected chi connectivity index (χ4v) is 5.42. The third-order valence-electron chi connectivity index (χ3n) is 6.99. The highest BCUT2D eigenvalue weighted by Gasteiger charge is 2.46. The average molecular weight is 488 g/mol. The van der Waals surface area contributed by atoms with Crippen LogP contribution in [0.3, 0.4) is 0 Å². The Hall–Kier alpha value is -2.80. The van der Waals surface area contributed by atoms with Crippen LogP contribution in [0.1, 0.15) is 72.1 Å². The van der Waals surface area contributed by atoms with Crippen LogP contribution >= 0.6 is 9.24 Å². The van der Waals surface area contributed by atoms with Crippen LogP contribution in [0.4, 0.5) is 13.2 Å². The number of nitrogens with two attached hydrogens (primary N) is 1. The molecule has 3 N–H and O–H groups in total. The first-order chi connectivity index (χ1) is 16.0. The number of amides is 1. The first kappa shape index (κ1) is 23.0. The van der Waals surface area contributed by atoms with Crippen molar-refractivity contribution in [3.05, 3.63) is 57.8 Å². The molecule has 1 amide bonds. The lowest BCUT2D eigenvalue weighted by Crippen LogP contribution is -2.34. The topological polar surface area (TPSA) is 102 Å². The fraction of sp³-hybridized carbons (Fsp3) is 0.417. The fourth-order valence-electron chi connectivity index (χ4n) is 5.08. The van der Waals surface area contributed by atoms with Crippen LogP contribution in [0.2, 0.25) is 0 Å². The SMILES string of the molecule is NC(=O)c1nccc2[nH]c(-c3cnc(C4CC(F)(F)C4)cc3C3CCC(F)(P)CC3)cc(=O)c12. The molecule has 0 aliphatic heterocycles. The van der Waals surface area contributed by atoms with Crippen LogP contribution in [0.5, 0.6) is 0 Å². The summed E-state index contributed by atoms with van der Waals surface area (Å²) in [5.74, 6) is -3.80. The van der Waals surface area contributed by atoms with Gasteiger partial charge >= 0.3 is 0 Å². The number of hydrogen-bond acceptors (Lipinski definition) is 4. The lowest BCUT2D eigenvalue weighted by atomic mass is 9.76. The van der Waals surface area contributed by atoms with Crippen molar-refractivity contribution in [1.29, 1.82) is 0 Å². The molecule has 0 saturated heterocycles. The molecule has 2 aliphatic rings. The molecule has 2 fully saturated rings. The quantitative estimate of drug-likeness (QED) is 0.516. The number of aromatic amines is 1. The summed E-state index contributed by atoms with van der Waals surface area (Å²) in [7, 11) is 2.28. The number of H-pyrrole nitrogens is 1. The average Bonchev–Trinajstić information content (AvgIpc) is 2.76. The largest absolute Gasteiger partial charge is 0.364 e. The Morgan fingerprint density at radius 3 is 2.47 bits per heavy atom. The summed E-state index contributed by atoms with van der Waals surface area (Å²) >= 11 is 0. The number of hydrogen-bond donors (Lipinski definition) is 2. The lowest BCUT2D eigenvalue weighted by molar-refractivity contribution is -0.0876. The number of rotatable bonds is 4. The van der Waals surface area contributed by atoms with E-state index in [1.165, 1.54) is 12.3 Å². The number of alkyl halides is 3. The van der Waals surface area contributed by atoms with Crippen LogP contribution in [0.25, 0.3) is 22.2 Å². The minimum absolute atomic E-state index is 0.000388. The van der Waals surface area contributed by atoms with Gasteiger partial charge in [-0.15, -0.1) is 0 Å². The van der Waals surface area contributed by atoms with E-state index in [2.05, 4.69) is 24.2 Å². The second-order valence-corrected chi connectivity index (χ2v) is 10.5. The molecule has 3 aromatic heterocycles. The van der Waals surface area contributed by atoms with Gasteiger partial charge in [-0.25, -0.2) is 13.2 Å². The minimum Gasteiger partial charge on any atom is -0.364 e. The number of primary amides is 1. The normalized spacial score (nSPS) is 24.6. The predicted octanol–water partition coefficient (Wildman–Crippen LogP) is 4.80. The highest BCUT2D eigenvalue weighted by Crippen LogP contribution is 2.50. The van der Waals surface area contributed by atoms with Gasteiger partial charge in [-0.1, -0.05) is 9.24 Å². The maximum Gasteiger partial charge on any atom is 0.268 e. The molecule has 178 valence electrons. The molecule has 1 unspecified atom stereocenters. The van der Waals surface area contributed by atoms with Gasteiger partial charge in [-0.2, -0.15) is 0 Å². The molecule has 5 rings (SSSR count). The minimum atomic E-state index is -2.67. The molecule has 0 radical (unpaired) electrons. The molecule has 0 bridgehead atoms. The Labute approximate surface area is 195 Å². The molecule has 3 heterocycles. The van der Waals surface area contributed by atoms with Crippen LogP contribution in [-0.2, 0) is 0 Å². The summed E-state index contributed by atoms with van der Waals surface area (Å²) in [6.45, 7) is 0. The summed E-state index contributed by atoms with van der Waals surface area (Å²) in [6, 6.07) is 4.79. The van der Waals surface area contributed by atoms with Crippen molar-refractivity contribution in [2.75, 3.05) is 0 Å². The van der Waals surface area contributed by atoms with E-state index in [4.69, 9.17) is 5.73 Å². The Morgan fingerprint density at radius 1 is 1.12 bits per heavy atom. The molecule has 2 saturated carbocycles. The highest BCUT2D eigenvalue weighted by atomic mass is 31.0. The molecular formula is C24H24F3N4O2P. The van der Waals surface area contributed by atoms with Crippen molar-refractivity contribution in [1.82, 2.24) is 15.0 Å². The molecule has 3 aromatic rings. The summed E-state index contributed by atoms with van der Waals surface area (Å²) in [4.78, 5) is 36.2. The number of aromatic nitrogens is 3. The number of halogens is 3. The zero-order chi connectivity index (χ0) is 24.3. The number of pyridine rings is 3. The van der Waals surface area contributed by atoms with Gasteiger partial charge in [0.25, 0.3) is 5.91 Å². The third-order valence-corrected chi connectivity index (χ3v) is 7.57. The van der Waals surface area contributed by atoms with Crippen molar-refractivity contribution in [3.63, 3.8) is 0 Å². The summed E-state index contributed by atoms with van der Waals surface area (Å²) in [6.07, 6.45) is 4.42. The molecule has 0 aromatic carbocycles. The number of fused-ring (bicyclic) bond motifs is 1. The van der Waals surface area contributed by atoms with Crippen LogP contribution in [0, 0.1) is 0 Å². The van der Waals surface area contributed by atoms with Gasteiger partial charge in [0.15, 0.2) is 5.43 Å². The van der Waals surface area contributed by atoms with E-state index in [0.717, 1.165) is 5.56 Å². The molecule has 1 atom stereocenters. The number of nitrogens with zero attached hydrogens (tertiary/aromatic N) is 2.